The Morgan fingerprint density at radius 1 is 1.11 bits per heavy atom. The highest BCUT2D eigenvalue weighted by Crippen LogP contribution is 2.34. The van der Waals surface area contributed by atoms with E-state index < -0.39 is 0 Å². The van der Waals surface area contributed by atoms with Crippen molar-refractivity contribution in [3.63, 3.8) is 0 Å². The first-order chi connectivity index (χ1) is 17.0. The van der Waals surface area contributed by atoms with Crippen LogP contribution in [0.1, 0.15) is 73.1 Å². The molecule has 1 fully saturated rings. The zero-order valence-electron chi connectivity index (χ0n) is 20.9. The normalized spacial score (nSPS) is 15.3. The average molecular weight is 471 g/mol. The van der Waals surface area contributed by atoms with E-state index in [0.29, 0.717) is 19.1 Å². The maximum Gasteiger partial charge on any atom is 0.252 e. The predicted molar refractivity (Wildman–Crippen MR) is 138 cm³/mol. The highest BCUT2D eigenvalue weighted by atomic mass is 16.1. The van der Waals surface area contributed by atoms with Crippen LogP contribution >= 0.6 is 0 Å². The van der Waals surface area contributed by atoms with E-state index >= 15 is 0 Å². The number of tetrazole rings is 1. The van der Waals surface area contributed by atoms with Crippen LogP contribution in [0.2, 0.25) is 0 Å². The van der Waals surface area contributed by atoms with Gasteiger partial charge < -0.3 is 4.98 Å². The van der Waals surface area contributed by atoms with E-state index in [1.807, 2.05) is 22.9 Å². The number of hydrogen-bond donors (Lipinski definition) is 1. The van der Waals surface area contributed by atoms with Crippen LogP contribution < -0.4 is 5.56 Å². The molecule has 2 aromatic heterocycles. The van der Waals surface area contributed by atoms with Gasteiger partial charge in [0, 0.05) is 18.2 Å². The Kier molecular flexibility index (Phi) is 6.77. The average Bonchev–Trinajstić information content (AvgIpc) is 3.56. The van der Waals surface area contributed by atoms with Gasteiger partial charge in [-0.2, -0.15) is 0 Å². The van der Waals surface area contributed by atoms with Crippen LogP contribution in [-0.4, -0.2) is 36.1 Å². The number of nitrogens with zero attached hydrogens (tertiary/aromatic N) is 5. The second kappa shape index (κ2) is 10.1. The van der Waals surface area contributed by atoms with Crippen LogP contribution in [0.25, 0.3) is 10.9 Å². The molecule has 0 amide bonds. The van der Waals surface area contributed by atoms with Crippen molar-refractivity contribution in [2.24, 2.45) is 0 Å². The minimum atomic E-state index is -0.00655. The van der Waals surface area contributed by atoms with Gasteiger partial charge in [-0.25, -0.2) is 4.68 Å². The molecule has 0 aliphatic heterocycles. The summed E-state index contributed by atoms with van der Waals surface area (Å²) in [5, 5.41) is 13.9. The summed E-state index contributed by atoms with van der Waals surface area (Å²) in [7, 11) is 0. The largest absolute Gasteiger partial charge is 0.321 e. The molecule has 7 nitrogen and oxygen atoms in total. The predicted octanol–water partition coefficient (Wildman–Crippen LogP) is 5.08. The summed E-state index contributed by atoms with van der Waals surface area (Å²) in [5.41, 5.74) is 5.21. The Labute approximate surface area is 206 Å². The van der Waals surface area contributed by atoms with Crippen LogP contribution in [0.5, 0.6) is 0 Å². The van der Waals surface area contributed by atoms with Crippen molar-refractivity contribution in [1.29, 1.82) is 0 Å². The first kappa shape index (κ1) is 23.4. The number of H-pyrrole nitrogens is 1. The van der Waals surface area contributed by atoms with Gasteiger partial charge in [0.15, 0.2) is 5.82 Å². The summed E-state index contributed by atoms with van der Waals surface area (Å²) in [5.74, 6) is 0.868. The Morgan fingerprint density at radius 3 is 2.63 bits per heavy atom. The number of aromatic nitrogens is 5. The van der Waals surface area contributed by atoms with Gasteiger partial charge in [-0.05, 0) is 71.7 Å². The van der Waals surface area contributed by atoms with Crippen LogP contribution in [0.4, 0.5) is 0 Å². The molecule has 1 aliphatic carbocycles. The molecule has 0 bridgehead atoms. The smallest absolute Gasteiger partial charge is 0.252 e. The lowest BCUT2D eigenvalue weighted by Crippen LogP contribution is -2.39. The second-order valence-electron chi connectivity index (χ2n) is 9.81. The maximum atomic E-state index is 13.2. The van der Waals surface area contributed by atoms with Gasteiger partial charge in [-0.1, -0.05) is 62.2 Å². The molecular weight excluding hydrogens is 436 g/mol. The van der Waals surface area contributed by atoms with Gasteiger partial charge in [0.05, 0.1) is 18.1 Å². The van der Waals surface area contributed by atoms with E-state index in [-0.39, 0.29) is 11.6 Å². The standard InChI is InChI=1S/C28H34N6O/c1-4-25(27-30-31-32-34(27)17-21-10-6-5-7-11-21)33(24-12-8-9-13-24)18-23-16-22-15-14-19(2)20(3)26(22)29-28(23)35/h5-7,10-11,14-16,24-25H,4,8-9,12-13,17-18H2,1-3H3,(H,29,35)/t25-/m1/s1. The third-order valence-corrected chi connectivity index (χ3v) is 7.59. The van der Waals surface area contributed by atoms with Crippen molar-refractivity contribution >= 4 is 10.9 Å². The van der Waals surface area contributed by atoms with E-state index in [2.05, 4.69) is 76.5 Å². The Bertz CT molecular complexity index is 1350. The molecule has 4 aromatic rings. The zero-order chi connectivity index (χ0) is 24.4. The number of fused-ring (bicyclic) bond motifs is 1. The molecule has 0 unspecified atom stereocenters. The molecule has 5 rings (SSSR count). The summed E-state index contributed by atoms with van der Waals surface area (Å²) in [6, 6.07) is 17.0. The highest BCUT2D eigenvalue weighted by molar-refractivity contribution is 5.83. The minimum Gasteiger partial charge on any atom is -0.321 e. The number of rotatable bonds is 8. The quantitative estimate of drug-likeness (QED) is 0.389. The van der Waals surface area contributed by atoms with Crippen LogP contribution in [0.15, 0.2) is 53.3 Å². The molecule has 7 heteroatoms. The molecule has 1 N–H and O–H groups in total. The molecule has 0 spiro atoms. The number of aryl methyl sites for hydroxylation is 2. The van der Waals surface area contributed by atoms with Crippen molar-refractivity contribution < 1.29 is 0 Å². The molecule has 0 radical (unpaired) electrons. The number of aromatic amines is 1. The lowest BCUT2D eigenvalue weighted by atomic mass is 10.0. The fourth-order valence-electron chi connectivity index (χ4n) is 5.50. The lowest BCUT2D eigenvalue weighted by Gasteiger charge is -2.35. The maximum absolute atomic E-state index is 13.2. The fraction of sp³-hybridized carbons (Fsp3) is 0.429. The lowest BCUT2D eigenvalue weighted by molar-refractivity contribution is 0.112. The SMILES string of the molecule is CC[C@H](c1nnnn1Cc1ccccc1)N(Cc1cc2ccc(C)c(C)c2[nH]c1=O)C1CCCC1. The summed E-state index contributed by atoms with van der Waals surface area (Å²) < 4.78 is 1.92. The molecule has 1 atom stereocenters. The molecule has 182 valence electrons. The summed E-state index contributed by atoms with van der Waals surface area (Å²) in [6.07, 6.45) is 5.59. The second-order valence-corrected chi connectivity index (χ2v) is 9.81. The van der Waals surface area contributed by atoms with E-state index in [1.165, 1.54) is 24.0 Å². The Hall–Kier alpha value is -3.32. The van der Waals surface area contributed by atoms with Crippen molar-refractivity contribution in [1.82, 2.24) is 30.1 Å². The van der Waals surface area contributed by atoms with Gasteiger partial charge in [-0.3, -0.25) is 9.69 Å². The number of nitrogens with one attached hydrogen (secondary N) is 1. The third kappa shape index (κ3) is 4.78. The molecule has 35 heavy (non-hydrogen) atoms. The van der Waals surface area contributed by atoms with Gasteiger partial charge in [0.25, 0.3) is 5.56 Å². The van der Waals surface area contributed by atoms with Crippen molar-refractivity contribution in [2.45, 2.75) is 78.0 Å². The molecule has 2 heterocycles. The Morgan fingerprint density at radius 2 is 1.89 bits per heavy atom. The summed E-state index contributed by atoms with van der Waals surface area (Å²) >= 11 is 0. The molecule has 2 aromatic carbocycles. The number of pyridine rings is 1. The van der Waals surface area contributed by atoms with Gasteiger partial charge >= 0.3 is 0 Å². The summed E-state index contributed by atoms with van der Waals surface area (Å²) in [6.45, 7) is 7.55. The minimum absolute atomic E-state index is 0.00655. The molecule has 1 aliphatic rings. The summed E-state index contributed by atoms with van der Waals surface area (Å²) in [4.78, 5) is 18.9. The highest BCUT2D eigenvalue weighted by Gasteiger charge is 2.32. The van der Waals surface area contributed by atoms with Crippen LogP contribution in [0.3, 0.4) is 0 Å². The van der Waals surface area contributed by atoms with E-state index in [1.54, 1.807) is 0 Å². The first-order valence-corrected chi connectivity index (χ1v) is 12.7. The van der Waals surface area contributed by atoms with Crippen molar-refractivity contribution in [3.8, 4) is 0 Å². The fourth-order valence-corrected chi connectivity index (χ4v) is 5.50. The van der Waals surface area contributed by atoms with Crippen molar-refractivity contribution in [3.05, 3.63) is 87.0 Å². The third-order valence-electron chi connectivity index (χ3n) is 7.59. The van der Waals surface area contributed by atoms with E-state index in [0.717, 1.165) is 47.1 Å². The molecular formula is C28H34N6O. The van der Waals surface area contributed by atoms with E-state index in [4.69, 9.17) is 0 Å². The number of benzene rings is 2. The van der Waals surface area contributed by atoms with Crippen molar-refractivity contribution in [2.75, 3.05) is 0 Å². The molecule has 0 saturated heterocycles. The van der Waals surface area contributed by atoms with Gasteiger partial charge in [-0.15, -0.1) is 5.10 Å². The van der Waals surface area contributed by atoms with E-state index in [9.17, 15) is 4.79 Å². The Balaban J connectivity index is 1.51. The van der Waals surface area contributed by atoms with Crippen LogP contribution in [-0.2, 0) is 13.1 Å². The first-order valence-electron chi connectivity index (χ1n) is 12.7. The van der Waals surface area contributed by atoms with Gasteiger partial charge in [0.1, 0.15) is 0 Å². The molecule has 1 saturated carbocycles. The topological polar surface area (TPSA) is 79.7 Å². The monoisotopic (exact) mass is 470 g/mol. The van der Waals surface area contributed by atoms with Crippen LogP contribution in [0, 0.1) is 13.8 Å². The zero-order valence-corrected chi connectivity index (χ0v) is 20.9. The number of hydrogen-bond acceptors (Lipinski definition) is 5. The van der Waals surface area contributed by atoms with Gasteiger partial charge in [0.2, 0.25) is 0 Å².